The van der Waals surface area contributed by atoms with Crippen LogP contribution in [0, 0.1) is 0 Å². The molecule has 2 aromatic rings. The van der Waals surface area contributed by atoms with Crippen molar-refractivity contribution in [3.63, 3.8) is 0 Å². The van der Waals surface area contributed by atoms with Gasteiger partial charge in [-0.25, -0.2) is 4.79 Å². The first-order valence-electron chi connectivity index (χ1n) is 9.53. The van der Waals surface area contributed by atoms with E-state index in [9.17, 15) is 14.4 Å². The van der Waals surface area contributed by atoms with E-state index in [0.717, 1.165) is 5.56 Å². The number of ether oxygens (including phenoxy) is 1. The van der Waals surface area contributed by atoms with E-state index >= 15 is 0 Å². The summed E-state index contributed by atoms with van der Waals surface area (Å²) in [5, 5.41) is 8.22. The molecule has 160 valence electrons. The molecule has 0 fully saturated rings. The molecule has 0 aliphatic heterocycles. The van der Waals surface area contributed by atoms with E-state index in [1.165, 1.54) is 0 Å². The number of para-hydroxylation sites is 1. The monoisotopic (exact) mass is 475 g/mol. The second-order valence-electron chi connectivity index (χ2n) is 7.55. The molecule has 0 spiro atoms. The first-order chi connectivity index (χ1) is 14.2. The van der Waals surface area contributed by atoms with E-state index in [4.69, 9.17) is 4.74 Å². The fourth-order valence-corrected chi connectivity index (χ4v) is 2.98. The van der Waals surface area contributed by atoms with E-state index in [1.54, 1.807) is 51.1 Å². The maximum absolute atomic E-state index is 12.4. The van der Waals surface area contributed by atoms with Crippen molar-refractivity contribution < 1.29 is 19.1 Å². The summed E-state index contributed by atoms with van der Waals surface area (Å²) in [6, 6.07) is 14.4. The Hall–Kier alpha value is -2.87. The smallest absolute Gasteiger partial charge is 0.407 e. The molecule has 3 N–H and O–H groups in total. The largest absolute Gasteiger partial charge is 0.444 e. The maximum Gasteiger partial charge on any atom is 0.407 e. The first kappa shape index (κ1) is 23.4. The lowest BCUT2D eigenvalue weighted by atomic mass is 10.1. The molecule has 0 saturated heterocycles. The van der Waals surface area contributed by atoms with Crippen LogP contribution in [0.25, 0.3) is 0 Å². The molecule has 2 aromatic carbocycles. The molecule has 0 aliphatic carbocycles. The van der Waals surface area contributed by atoms with Gasteiger partial charge in [0, 0.05) is 29.7 Å². The Morgan fingerprint density at radius 1 is 0.967 bits per heavy atom. The summed E-state index contributed by atoms with van der Waals surface area (Å²) in [6.07, 6.45) is -0.470. The summed E-state index contributed by atoms with van der Waals surface area (Å²) in [4.78, 5) is 36.3. The number of nitrogens with one attached hydrogen (secondary N) is 3. The molecule has 0 aromatic heterocycles. The summed E-state index contributed by atoms with van der Waals surface area (Å²) >= 11 is 3.36. The van der Waals surface area contributed by atoms with E-state index in [1.807, 2.05) is 18.2 Å². The highest BCUT2D eigenvalue weighted by molar-refractivity contribution is 9.10. The van der Waals surface area contributed by atoms with E-state index < -0.39 is 11.7 Å². The second kappa shape index (κ2) is 10.8. The lowest BCUT2D eigenvalue weighted by Crippen LogP contribution is -2.34. The van der Waals surface area contributed by atoms with Crippen LogP contribution in [0.15, 0.2) is 53.0 Å². The Bertz CT molecular complexity index is 909. The third-order valence-corrected chi connectivity index (χ3v) is 4.56. The van der Waals surface area contributed by atoms with Crippen LogP contribution in [-0.2, 0) is 16.1 Å². The van der Waals surface area contributed by atoms with Crippen LogP contribution < -0.4 is 16.0 Å². The molecule has 2 rings (SSSR count). The molecule has 0 saturated carbocycles. The van der Waals surface area contributed by atoms with Crippen LogP contribution >= 0.6 is 15.9 Å². The number of hydrogen-bond acceptors (Lipinski definition) is 4. The zero-order valence-electron chi connectivity index (χ0n) is 17.3. The molecule has 30 heavy (non-hydrogen) atoms. The van der Waals surface area contributed by atoms with Gasteiger partial charge in [-0.05, 0) is 60.5 Å². The Kier molecular flexibility index (Phi) is 8.41. The highest BCUT2D eigenvalue weighted by Gasteiger charge is 2.16. The molecule has 8 heteroatoms. The van der Waals surface area contributed by atoms with Gasteiger partial charge in [-0.1, -0.05) is 30.3 Å². The van der Waals surface area contributed by atoms with Crippen molar-refractivity contribution in [3.8, 4) is 0 Å². The number of hydrogen-bond donors (Lipinski definition) is 3. The summed E-state index contributed by atoms with van der Waals surface area (Å²) in [5.74, 6) is -0.471. The van der Waals surface area contributed by atoms with Crippen LogP contribution in [0.2, 0.25) is 0 Å². The second-order valence-corrected chi connectivity index (χ2v) is 8.40. The summed E-state index contributed by atoms with van der Waals surface area (Å²) in [6.45, 7) is 5.72. The number of rotatable bonds is 7. The van der Waals surface area contributed by atoms with Gasteiger partial charge in [0.2, 0.25) is 5.91 Å². The number of amides is 3. The predicted octanol–water partition coefficient (Wildman–Crippen LogP) is 4.23. The Morgan fingerprint density at radius 2 is 1.63 bits per heavy atom. The van der Waals surface area contributed by atoms with Gasteiger partial charge in [-0.3, -0.25) is 9.59 Å². The number of benzene rings is 2. The number of anilines is 1. The van der Waals surface area contributed by atoms with Crippen molar-refractivity contribution in [2.45, 2.75) is 39.3 Å². The molecule has 0 heterocycles. The number of alkyl carbamates (subject to hydrolysis) is 1. The van der Waals surface area contributed by atoms with E-state index in [0.29, 0.717) is 15.7 Å². The molecule has 0 unspecified atom stereocenters. The minimum atomic E-state index is -0.592. The Morgan fingerprint density at radius 3 is 2.33 bits per heavy atom. The van der Waals surface area contributed by atoms with Gasteiger partial charge in [0.1, 0.15) is 5.60 Å². The van der Waals surface area contributed by atoms with Crippen molar-refractivity contribution in [1.82, 2.24) is 10.6 Å². The number of halogens is 1. The lowest BCUT2D eigenvalue weighted by Gasteiger charge is -2.19. The topological polar surface area (TPSA) is 96.5 Å². The average molecular weight is 476 g/mol. The van der Waals surface area contributed by atoms with Gasteiger partial charge in [0.05, 0.1) is 5.56 Å². The fraction of sp³-hybridized carbons (Fsp3) is 0.318. The van der Waals surface area contributed by atoms with Crippen LogP contribution in [0.3, 0.4) is 0 Å². The van der Waals surface area contributed by atoms with Crippen molar-refractivity contribution in [2.75, 3.05) is 11.9 Å². The highest BCUT2D eigenvalue weighted by atomic mass is 79.9. The molecule has 0 aliphatic rings. The first-order valence-corrected chi connectivity index (χ1v) is 10.3. The molecule has 3 amide bonds. The zero-order chi connectivity index (χ0) is 22.1. The van der Waals surface area contributed by atoms with E-state index in [-0.39, 0.29) is 31.3 Å². The molecule has 0 bridgehead atoms. The maximum atomic E-state index is 12.4. The van der Waals surface area contributed by atoms with E-state index in [2.05, 4.69) is 31.9 Å². The fourth-order valence-electron chi connectivity index (χ4n) is 2.52. The van der Waals surface area contributed by atoms with Crippen LogP contribution in [-0.4, -0.2) is 30.1 Å². The third-order valence-electron chi connectivity index (χ3n) is 3.87. The van der Waals surface area contributed by atoms with Gasteiger partial charge in [-0.2, -0.15) is 0 Å². The summed E-state index contributed by atoms with van der Waals surface area (Å²) in [7, 11) is 0. The molecular weight excluding hydrogens is 450 g/mol. The van der Waals surface area contributed by atoms with Gasteiger partial charge in [-0.15, -0.1) is 0 Å². The molecule has 0 atom stereocenters. The normalized spacial score (nSPS) is 10.8. The van der Waals surface area contributed by atoms with Crippen molar-refractivity contribution in [2.24, 2.45) is 0 Å². The van der Waals surface area contributed by atoms with Crippen LogP contribution in [0.1, 0.15) is 43.1 Å². The predicted molar refractivity (Wildman–Crippen MR) is 119 cm³/mol. The number of carbonyl (C=O) groups is 3. The summed E-state index contributed by atoms with van der Waals surface area (Å²) in [5.41, 5.74) is 1.32. The molecule has 7 nitrogen and oxygen atoms in total. The summed E-state index contributed by atoms with van der Waals surface area (Å²) < 4.78 is 5.84. The van der Waals surface area contributed by atoms with Gasteiger partial charge in [0.15, 0.2) is 0 Å². The quantitative estimate of drug-likeness (QED) is 0.557. The lowest BCUT2D eigenvalue weighted by molar-refractivity contribution is -0.116. The van der Waals surface area contributed by atoms with Crippen molar-refractivity contribution >= 4 is 39.5 Å². The third kappa shape index (κ3) is 7.87. The minimum Gasteiger partial charge on any atom is -0.444 e. The van der Waals surface area contributed by atoms with Gasteiger partial charge in [0.25, 0.3) is 5.91 Å². The standard InChI is InChI=1S/C22H26BrN3O4/c1-22(2,3)30-21(29)24-13-12-19(27)26-18-11-7-4-8-15(18)14-25-20(28)16-9-5-6-10-17(16)23/h4-11H,12-14H2,1-3H3,(H,24,29)(H,25,28)(H,26,27). The van der Waals surface area contributed by atoms with Crippen molar-refractivity contribution in [1.29, 1.82) is 0 Å². The molecular formula is C22H26BrN3O4. The zero-order valence-corrected chi connectivity index (χ0v) is 18.8. The number of carbonyl (C=O) groups excluding carboxylic acids is 3. The SMILES string of the molecule is CC(C)(C)OC(=O)NCCC(=O)Nc1ccccc1CNC(=O)c1ccccc1Br. The van der Waals surface area contributed by atoms with Gasteiger partial charge >= 0.3 is 6.09 Å². The highest BCUT2D eigenvalue weighted by Crippen LogP contribution is 2.18. The van der Waals surface area contributed by atoms with Crippen LogP contribution in [0.4, 0.5) is 10.5 Å². The minimum absolute atomic E-state index is 0.0941. The van der Waals surface area contributed by atoms with Crippen molar-refractivity contribution in [3.05, 3.63) is 64.1 Å². The van der Waals surface area contributed by atoms with Crippen LogP contribution in [0.5, 0.6) is 0 Å². The Labute approximate surface area is 184 Å². The molecule has 0 radical (unpaired) electrons. The Balaban J connectivity index is 1.87. The average Bonchev–Trinajstić information content (AvgIpc) is 2.66. The van der Waals surface area contributed by atoms with Gasteiger partial charge < -0.3 is 20.7 Å².